The topological polar surface area (TPSA) is 38.8 Å². The Morgan fingerprint density at radius 2 is 1.84 bits per heavy atom. The number of piperidine rings is 1. The van der Waals surface area contributed by atoms with Gasteiger partial charge in [0.05, 0.1) is 17.8 Å². The third-order valence-electron chi connectivity index (χ3n) is 3.32. The maximum absolute atomic E-state index is 12.4. The molecule has 0 atom stereocenters. The van der Waals surface area contributed by atoms with Gasteiger partial charge >= 0.3 is 0 Å². The van der Waals surface area contributed by atoms with E-state index in [-0.39, 0.29) is 5.91 Å². The molecular weight excluding hydrogens is 357 g/mol. The molecule has 104 valence electrons. The Kier molecular flexibility index (Phi) is 4.90. The summed E-state index contributed by atoms with van der Waals surface area (Å²) in [6.07, 6.45) is 3.40. The summed E-state index contributed by atoms with van der Waals surface area (Å²) in [5.74, 6) is 1.37. The Hall–Kier alpha value is -0.980. The smallest absolute Gasteiger partial charge is 0.254 e. The molecule has 0 unspecified atom stereocenters. The predicted molar refractivity (Wildman–Crippen MR) is 82.0 cm³/mol. The number of hydrogen-bond donors (Lipinski definition) is 0. The number of carbonyl (C=O) groups is 1. The largest absolute Gasteiger partial charge is 0.493 e. The molecule has 1 aliphatic rings. The van der Waals surface area contributed by atoms with Gasteiger partial charge in [0, 0.05) is 18.7 Å². The van der Waals surface area contributed by atoms with Gasteiger partial charge in [0.25, 0.3) is 5.91 Å². The van der Waals surface area contributed by atoms with Crippen LogP contribution in [0.5, 0.6) is 11.5 Å². The number of benzene rings is 1. The van der Waals surface area contributed by atoms with E-state index in [0.29, 0.717) is 17.1 Å². The lowest BCUT2D eigenvalue weighted by molar-refractivity contribution is 0.0724. The van der Waals surface area contributed by atoms with Crippen molar-refractivity contribution in [3.8, 4) is 11.5 Å². The van der Waals surface area contributed by atoms with Crippen molar-refractivity contribution in [1.29, 1.82) is 0 Å². The van der Waals surface area contributed by atoms with E-state index in [1.807, 2.05) is 11.0 Å². The second-order valence-corrected chi connectivity index (χ2v) is 5.71. The molecule has 1 aromatic rings. The Balaban J connectivity index is 2.29. The van der Waals surface area contributed by atoms with Crippen LogP contribution in [-0.2, 0) is 0 Å². The number of nitrogens with zero attached hydrogens (tertiary/aromatic N) is 1. The van der Waals surface area contributed by atoms with Crippen molar-refractivity contribution in [3.05, 3.63) is 21.3 Å². The van der Waals surface area contributed by atoms with Gasteiger partial charge in [-0.25, -0.2) is 0 Å². The second kappa shape index (κ2) is 6.45. The van der Waals surface area contributed by atoms with Crippen LogP contribution < -0.4 is 9.47 Å². The Labute approximate surface area is 127 Å². The maximum Gasteiger partial charge on any atom is 0.254 e. The number of likely N-dealkylation sites (tertiary alicyclic amines) is 1. The fraction of sp³-hybridized carbons (Fsp3) is 0.500. The standard InChI is InChI=1S/C14H18INO3/c1-18-12-9-10(8-11(15)13(12)19-2)14(17)16-6-4-3-5-7-16/h8-9H,3-7H2,1-2H3. The highest BCUT2D eigenvalue weighted by Crippen LogP contribution is 2.34. The van der Waals surface area contributed by atoms with Gasteiger partial charge in [0.1, 0.15) is 0 Å². The van der Waals surface area contributed by atoms with E-state index in [1.165, 1.54) is 6.42 Å². The average molecular weight is 375 g/mol. The van der Waals surface area contributed by atoms with Gasteiger partial charge in [0.15, 0.2) is 11.5 Å². The van der Waals surface area contributed by atoms with Gasteiger partial charge in [-0.2, -0.15) is 0 Å². The summed E-state index contributed by atoms with van der Waals surface area (Å²) >= 11 is 2.16. The minimum Gasteiger partial charge on any atom is -0.493 e. The first kappa shape index (κ1) is 14.4. The SMILES string of the molecule is COc1cc(C(=O)N2CCCCC2)cc(I)c1OC. The molecule has 0 N–H and O–H groups in total. The van der Waals surface area contributed by atoms with Crippen LogP contribution in [0.4, 0.5) is 0 Å². The van der Waals surface area contributed by atoms with Gasteiger partial charge in [-0.3, -0.25) is 4.79 Å². The zero-order valence-corrected chi connectivity index (χ0v) is 13.4. The van der Waals surface area contributed by atoms with Crippen LogP contribution >= 0.6 is 22.6 Å². The molecule has 0 saturated carbocycles. The van der Waals surface area contributed by atoms with E-state index in [9.17, 15) is 4.79 Å². The second-order valence-electron chi connectivity index (χ2n) is 4.55. The van der Waals surface area contributed by atoms with E-state index in [0.717, 1.165) is 29.5 Å². The maximum atomic E-state index is 12.4. The Bertz CT molecular complexity index is 470. The van der Waals surface area contributed by atoms with E-state index in [4.69, 9.17) is 9.47 Å². The quantitative estimate of drug-likeness (QED) is 0.763. The number of methoxy groups -OCH3 is 2. The Morgan fingerprint density at radius 1 is 1.16 bits per heavy atom. The van der Waals surface area contributed by atoms with Gasteiger partial charge in [-0.1, -0.05) is 0 Å². The van der Waals surface area contributed by atoms with Crippen molar-refractivity contribution in [2.75, 3.05) is 27.3 Å². The molecule has 0 spiro atoms. The minimum atomic E-state index is 0.0820. The number of halogens is 1. The number of carbonyl (C=O) groups excluding carboxylic acids is 1. The van der Waals surface area contributed by atoms with Crippen molar-refractivity contribution in [2.45, 2.75) is 19.3 Å². The number of amides is 1. The van der Waals surface area contributed by atoms with Crippen LogP contribution in [0.15, 0.2) is 12.1 Å². The number of hydrogen-bond acceptors (Lipinski definition) is 3. The summed E-state index contributed by atoms with van der Waals surface area (Å²) in [4.78, 5) is 14.4. The van der Waals surface area contributed by atoms with Crippen LogP contribution in [0.3, 0.4) is 0 Å². The lowest BCUT2D eigenvalue weighted by Gasteiger charge is -2.27. The molecule has 0 bridgehead atoms. The lowest BCUT2D eigenvalue weighted by atomic mass is 10.1. The highest BCUT2D eigenvalue weighted by Gasteiger charge is 2.21. The molecule has 0 aliphatic carbocycles. The predicted octanol–water partition coefficient (Wildman–Crippen LogP) is 2.93. The van der Waals surface area contributed by atoms with Crippen LogP contribution in [0.25, 0.3) is 0 Å². The van der Waals surface area contributed by atoms with Crippen LogP contribution in [0, 0.1) is 3.57 Å². The third kappa shape index (κ3) is 3.13. The van der Waals surface area contributed by atoms with Gasteiger partial charge in [-0.15, -0.1) is 0 Å². The minimum absolute atomic E-state index is 0.0820. The highest BCUT2D eigenvalue weighted by molar-refractivity contribution is 14.1. The number of rotatable bonds is 3. The van der Waals surface area contributed by atoms with E-state index >= 15 is 0 Å². The summed E-state index contributed by atoms with van der Waals surface area (Å²) in [7, 11) is 3.19. The zero-order valence-electron chi connectivity index (χ0n) is 11.2. The summed E-state index contributed by atoms with van der Waals surface area (Å²) in [6, 6.07) is 3.62. The fourth-order valence-electron chi connectivity index (χ4n) is 2.32. The highest BCUT2D eigenvalue weighted by atomic mass is 127. The Morgan fingerprint density at radius 3 is 2.42 bits per heavy atom. The first-order chi connectivity index (χ1) is 9.17. The molecule has 1 fully saturated rings. The van der Waals surface area contributed by atoms with E-state index in [2.05, 4.69) is 22.6 Å². The molecule has 1 heterocycles. The van der Waals surface area contributed by atoms with E-state index < -0.39 is 0 Å². The number of ether oxygens (including phenoxy) is 2. The van der Waals surface area contributed by atoms with Gasteiger partial charge < -0.3 is 14.4 Å². The van der Waals surface area contributed by atoms with Crippen molar-refractivity contribution in [3.63, 3.8) is 0 Å². The molecule has 0 radical (unpaired) electrons. The molecule has 5 heteroatoms. The molecule has 1 amide bonds. The lowest BCUT2D eigenvalue weighted by Crippen LogP contribution is -2.35. The van der Waals surface area contributed by atoms with E-state index in [1.54, 1.807) is 20.3 Å². The van der Waals surface area contributed by atoms with Crippen molar-refractivity contribution in [1.82, 2.24) is 4.90 Å². The summed E-state index contributed by atoms with van der Waals surface area (Å²) < 4.78 is 11.5. The molecular formula is C14H18INO3. The van der Waals surface area contributed by atoms with Crippen LogP contribution in [0.1, 0.15) is 29.6 Å². The summed E-state index contributed by atoms with van der Waals surface area (Å²) in [6.45, 7) is 1.70. The van der Waals surface area contributed by atoms with Crippen molar-refractivity contribution in [2.24, 2.45) is 0 Å². The molecule has 0 aromatic heterocycles. The first-order valence-electron chi connectivity index (χ1n) is 6.38. The van der Waals surface area contributed by atoms with Gasteiger partial charge in [0.2, 0.25) is 0 Å². The molecule has 2 rings (SSSR count). The first-order valence-corrected chi connectivity index (χ1v) is 7.46. The summed E-state index contributed by atoms with van der Waals surface area (Å²) in [5, 5.41) is 0. The fourth-order valence-corrected chi connectivity index (χ4v) is 3.14. The van der Waals surface area contributed by atoms with Crippen LogP contribution in [0.2, 0.25) is 0 Å². The van der Waals surface area contributed by atoms with Gasteiger partial charge in [-0.05, 0) is 54.0 Å². The molecule has 4 nitrogen and oxygen atoms in total. The third-order valence-corrected chi connectivity index (χ3v) is 4.13. The average Bonchev–Trinajstić information content (AvgIpc) is 2.46. The normalized spacial score (nSPS) is 15.2. The zero-order chi connectivity index (χ0) is 13.8. The molecule has 19 heavy (non-hydrogen) atoms. The van der Waals surface area contributed by atoms with Crippen LogP contribution in [-0.4, -0.2) is 38.1 Å². The monoisotopic (exact) mass is 375 g/mol. The molecule has 1 saturated heterocycles. The van der Waals surface area contributed by atoms with Crippen molar-refractivity contribution < 1.29 is 14.3 Å². The molecule has 1 aliphatic heterocycles. The van der Waals surface area contributed by atoms with Crippen molar-refractivity contribution >= 4 is 28.5 Å². The summed E-state index contributed by atoms with van der Waals surface area (Å²) in [5.41, 5.74) is 0.670. The molecule has 1 aromatic carbocycles.